The summed E-state index contributed by atoms with van der Waals surface area (Å²) in [5.41, 5.74) is 2.66. The Morgan fingerprint density at radius 1 is 1.09 bits per heavy atom. The maximum Gasteiger partial charge on any atom is 0.232 e. The first-order valence-electron chi connectivity index (χ1n) is 10.8. The van der Waals surface area contributed by atoms with Crippen LogP contribution in [0.2, 0.25) is 0 Å². The van der Waals surface area contributed by atoms with Crippen LogP contribution in [0.1, 0.15) is 18.5 Å². The minimum atomic E-state index is -2.26. The Balaban J connectivity index is 1.51. The summed E-state index contributed by atoms with van der Waals surface area (Å²) in [6, 6.07) is 14.2. The molecule has 0 bridgehead atoms. The number of nitrogens with one attached hydrogen (secondary N) is 1. The van der Waals surface area contributed by atoms with Gasteiger partial charge in [0, 0.05) is 24.0 Å². The first-order valence-corrected chi connectivity index (χ1v) is 11.9. The molecule has 6 rings (SSSR count). The molecule has 0 amide bonds. The molecule has 1 aliphatic carbocycles. The van der Waals surface area contributed by atoms with Crippen LogP contribution in [0.3, 0.4) is 0 Å². The summed E-state index contributed by atoms with van der Waals surface area (Å²) in [6.07, 6.45) is 6.33. The number of nitrogens with zero attached hydrogens (tertiary/aromatic N) is 5. The molecule has 0 aliphatic heterocycles. The van der Waals surface area contributed by atoms with E-state index in [-0.39, 0.29) is 5.56 Å². The quantitative estimate of drug-likeness (QED) is 0.345. The number of pyridine rings is 1. The maximum atomic E-state index is 14.7. The van der Waals surface area contributed by atoms with Gasteiger partial charge in [-0.15, -0.1) is 0 Å². The fraction of sp³-hybridized carbons (Fsp3) is 0.125. The van der Waals surface area contributed by atoms with Crippen LogP contribution in [-0.4, -0.2) is 33.1 Å². The van der Waals surface area contributed by atoms with Crippen molar-refractivity contribution < 1.29 is 17.5 Å². The van der Waals surface area contributed by atoms with Crippen molar-refractivity contribution in [3.63, 3.8) is 0 Å². The molecule has 3 heterocycles. The van der Waals surface area contributed by atoms with Crippen LogP contribution in [0.5, 0.6) is 0 Å². The molecule has 8 nitrogen and oxygen atoms in total. The summed E-state index contributed by atoms with van der Waals surface area (Å²) in [5.74, 6) is -0.936. The van der Waals surface area contributed by atoms with Crippen molar-refractivity contribution >= 4 is 22.3 Å². The van der Waals surface area contributed by atoms with Gasteiger partial charge in [0.1, 0.15) is 23.8 Å². The molecule has 0 radical (unpaired) electrons. The second-order valence-electron chi connectivity index (χ2n) is 8.39. The zero-order valence-corrected chi connectivity index (χ0v) is 18.9. The van der Waals surface area contributed by atoms with Crippen LogP contribution in [0.15, 0.2) is 73.3 Å². The van der Waals surface area contributed by atoms with Crippen LogP contribution in [-0.2, 0) is 16.8 Å². The molecule has 35 heavy (non-hydrogen) atoms. The first kappa shape index (κ1) is 21.7. The molecule has 2 aromatic carbocycles. The van der Waals surface area contributed by atoms with E-state index in [1.54, 1.807) is 33.9 Å². The van der Waals surface area contributed by atoms with E-state index in [2.05, 4.69) is 14.8 Å². The number of hydrogen-bond acceptors (Lipinski definition) is 4. The average molecular weight is 493 g/mol. The fourth-order valence-electron chi connectivity index (χ4n) is 4.21. The van der Waals surface area contributed by atoms with Crippen LogP contribution in [0.25, 0.3) is 33.7 Å². The first-order chi connectivity index (χ1) is 16.9. The molecule has 1 atom stereocenters. The Labute approximate surface area is 200 Å². The standard InChI is InChI=1S/C24H18F2N6O2S/c25-16-2-4-18(19(26)12-16)15-10-22(24(6-7-24)30-35(33)34)29-23(11-15)31-14-27-20-13-17(3-5-21(20)31)32-9-1-8-28-32/h1-5,8-14,30H,6-7H2,(H,33,34). The predicted octanol–water partition coefficient (Wildman–Crippen LogP) is 4.27. The number of fused-ring (bicyclic) bond motifs is 1. The van der Waals surface area contributed by atoms with Gasteiger partial charge in [0.25, 0.3) is 0 Å². The lowest BCUT2D eigenvalue weighted by atomic mass is 10.0. The van der Waals surface area contributed by atoms with Crippen molar-refractivity contribution in [3.05, 3.63) is 90.6 Å². The van der Waals surface area contributed by atoms with Gasteiger partial charge in [-0.2, -0.15) is 5.10 Å². The van der Waals surface area contributed by atoms with Crippen molar-refractivity contribution in [2.45, 2.75) is 18.4 Å². The number of hydrogen-bond donors (Lipinski definition) is 2. The molecule has 5 aromatic rings. The van der Waals surface area contributed by atoms with Gasteiger partial charge in [0.05, 0.1) is 28.0 Å². The molecule has 0 spiro atoms. The Bertz CT molecular complexity index is 1600. The van der Waals surface area contributed by atoms with E-state index < -0.39 is 28.4 Å². The largest absolute Gasteiger partial charge is 0.294 e. The Kier molecular flexibility index (Phi) is 5.06. The summed E-state index contributed by atoms with van der Waals surface area (Å²) in [6.45, 7) is 0. The van der Waals surface area contributed by atoms with E-state index in [9.17, 15) is 17.5 Å². The molecular formula is C24H18F2N6O2S. The number of benzene rings is 2. The minimum Gasteiger partial charge on any atom is -0.294 e. The third kappa shape index (κ3) is 3.93. The second-order valence-corrected chi connectivity index (χ2v) is 9.10. The van der Waals surface area contributed by atoms with Gasteiger partial charge < -0.3 is 0 Å². The third-order valence-electron chi connectivity index (χ3n) is 6.12. The lowest BCUT2D eigenvalue weighted by Gasteiger charge is -2.18. The van der Waals surface area contributed by atoms with Gasteiger partial charge in [-0.1, -0.05) is 0 Å². The molecule has 1 fully saturated rings. The van der Waals surface area contributed by atoms with Crippen molar-refractivity contribution in [1.82, 2.24) is 29.0 Å². The van der Waals surface area contributed by atoms with Crippen molar-refractivity contribution in [1.29, 1.82) is 0 Å². The Morgan fingerprint density at radius 3 is 2.66 bits per heavy atom. The summed E-state index contributed by atoms with van der Waals surface area (Å²) >= 11 is -2.26. The van der Waals surface area contributed by atoms with E-state index in [0.717, 1.165) is 17.3 Å². The number of halogens is 2. The predicted molar refractivity (Wildman–Crippen MR) is 126 cm³/mol. The van der Waals surface area contributed by atoms with E-state index in [1.807, 2.05) is 30.5 Å². The minimum absolute atomic E-state index is 0.197. The zero-order valence-electron chi connectivity index (χ0n) is 18.1. The lowest BCUT2D eigenvalue weighted by molar-refractivity contribution is 0.518. The molecule has 1 unspecified atom stereocenters. The molecule has 1 aliphatic rings. The number of imidazole rings is 1. The molecule has 3 aromatic heterocycles. The van der Waals surface area contributed by atoms with E-state index in [4.69, 9.17) is 4.98 Å². The number of aromatic nitrogens is 5. The lowest BCUT2D eigenvalue weighted by Crippen LogP contribution is -2.31. The number of rotatable bonds is 6. The Morgan fingerprint density at radius 2 is 1.94 bits per heavy atom. The van der Waals surface area contributed by atoms with Gasteiger partial charge >= 0.3 is 0 Å². The second kappa shape index (κ2) is 8.15. The van der Waals surface area contributed by atoms with Crippen LogP contribution in [0.4, 0.5) is 8.78 Å². The summed E-state index contributed by atoms with van der Waals surface area (Å²) in [4.78, 5) is 9.27. The smallest absolute Gasteiger partial charge is 0.232 e. The SMILES string of the molecule is O=S(O)NC1(c2cc(-c3ccc(F)cc3F)cc(-n3cnc4cc(-n5cccn5)ccc43)n2)CC1. The van der Waals surface area contributed by atoms with Crippen LogP contribution < -0.4 is 4.72 Å². The average Bonchev–Trinajstić information content (AvgIpc) is 3.22. The van der Waals surface area contributed by atoms with Crippen molar-refractivity contribution in [2.24, 2.45) is 0 Å². The molecule has 0 saturated heterocycles. The highest BCUT2D eigenvalue weighted by Crippen LogP contribution is 2.46. The van der Waals surface area contributed by atoms with Crippen LogP contribution >= 0.6 is 0 Å². The highest BCUT2D eigenvalue weighted by atomic mass is 32.2. The van der Waals surface area contributed by atoms with Crippen molar-refractivity contribution in [3.8, 4) is 22.6 Å². The van der Waals surface area contributed by atoms with Crippen molar-refractivity contribution in [2.75, 3.05) is 0 Å². The zero-order chi connectivity index (χ0) is 24.2. The van der Waals surface area contributed by atoms with Crippen LogP contribution in [0, 0.1) is 11.6 Å². The molecule has 176 valence electrons. The summed E-state index contributed by atoms with van der Waals surface area (Å²) in [7, 11) is 0. The summed E-state index contributed by atoms with van der Waals surface area (Å²) < 4.78 is 55.4. The van der Waals surface area contributed by atoms with Gasteiger partial charge in [0.2, 0.25) is 11.3 Å². The van der Waals surface area contributed by atoms with Gasteiger partial charge in [-0.05, 0) is 66.9 Å². The Hall–Kier alpha value is -3.80. The normalized spacial score (nSPS) is 15.4. The van der Waals surface area contributed by atoms with Gasteiger partial charge in [-0.3, -0.25) is 9.12 Å². The van der Waals surface area contributed by atoms with E-state index >= 15 is 0 Å². The van der Waals surface area contributed by atoms with E-state index in [0.29, 0.717) is 35.4 Å². The highest BCUT2D eigenvalue weighted by Gasteiger charge is 2.47. The third-order valence-corrected chi connectivity index (χ3v) is 6.69. The molecule has 2 N–H and O–H groups in total. The summed E-state index contributed by atoms with van der Waals surface area (Å²) in [5, 5.41) is 4.24. The van der Waals surface area contributed by atoms with Gasteiger partial charge in [0.15, 0.2) is 0 Å². The fourth-order valence-corrected chi connectivity index (χ4v) is 4.86. The topological polar surface area (TPSA) is 97.9 Å². The highest BCUT2D eigenvalue weighted by molar-refractivity contribution is 7.77. The monoisotopic (exact) mass is 492 g/mol. The molecular weight excluding hydrogens is 474 g/mol. The van der Waals surface area contributed by atoms with Gasteiger partial charge in [-0.25, -0.2) is 32.4 Å². The maximum absolute atomic E-state index is 14.7. The molecule has 1 saturated carbocycles. The van der Waals surface area contributed by atoms with E-state index in [1.165, 1.54) is 12.1 Å². The molecule has 11 heteroatoms.